The first kappa shape index (κ1) is 17.2. The van der Waals surface area contributed by atoms with Gasteiger partial charge in [-0.3, -0.25) is 4.79 Å². The molecule has 2 unspecified atom stereocenters. The largest absolute Gasteiger partial charge is 0.384 e. The van der Waals surface area contributed by atoms with Crippen molar-refractivity contribution in [2.75, 3.05) is 33.4 Å². The van der Waals surface area contributed by atoms with Crippen LogP contribution in [0.15, 0.2) is 0 Å². The maximum Gasteiger partial charge on any atom is 0.228 e. The molecule has 1 saturated heterocycles. The maximum absolute atomic E-state index is 13.1. The molecule has 2 N–H and O–H groups in total. The van der Waals surface area contributed by atoms with Crippen LogP contribution in [-0.2, 0) is 14.3 Å². The highest BCUT2D eigenvalue weighted by atomic mass is 16.5. The highest BCUT2D eigenvalue weighted by Gasteiger charge is 2.58. The summed E-state index contributed by atoms with van der Waals surface area (Å²) in [5.74, 6) is 0.201. The Hall–Kier alpha value is -0.650. The zero-order valence-corrected chi connectivity index (χ0v) is 14.7. The lowest BCUT2D eigenvalue weighted by Crippen LogP contribution is -2.66. The van der Waals surface area contributed by atoms with E-state index in [0.29, 0.717) is 12.7 Å². The summed E-state index contributed by atoms with van der Waals surface area (Å²) in [7, 11) is 1.70. The Labute approximate surface area is 139 Å². The Balaban J connectivity index is 1.67. The molecule has 1 amide bonds. The molecule has 23 heavy (non-hydrogen) atoms. The van der Waals surface area contributed by atoms with Crippen molar-refractivity contribution in [2.45, 2.75) is 64.0 Å². The minimum Gasteiger partial charge on any atom is -0.384 e. The highest BCUT2D eigenvalue weighted by molar-refractivity contribution is 5.83. The number of nitrogens with one attached hydrogen (secondary N) is 2. The summed E-state index contributed by atoms with van der Waals surface area (Å²) in [5.41, 5.74) is -0.149. The van der Waals surface area contributed by atoms with Crippen LogP contribution in [-0.4, -0.2) is 51.5 Å². The molecule has 3 rings (SSSR count). The van der Waals surface area contributed by atoms with E-state index in [9.17, 15) is 4.79 Å². The van der Waals surface area contributed by atoms with Crippen molar-refractivity contribution >= 4 is 5.91 Å². The van der Waals surface area contributed by atoms with Gasteiger partial charge in [-0.25, -0.2) is 0 Å². The Bertz CT molecular complexity index is 409. The fourth-order valence-corrected chi connectivity index (χ4v) is 5.02. The smallest absolute Gasteiger partial charge is 0.228 e. The van der Waals surface area contributed by atoms with E-state index in [4.69, 9.17) is 9.47 Å². The third kappa shape index (κ3) is 3.03. The fraction of sp³-hybridized carbons (Fsp3) is 0.944. The normalized spacial score (nSPS) is 31.7. The van der Waals surface area contributed by atoms with Crippen molar-refractivity contribution in [2.24, 2.45) is 10.8 Å². The van der Waals surface area contributed by atoms with Gasteiger partial charge in [0.2, 0.25) is 5.91 Å². The highest BCUT2D eigenvalue weighted by Crippen LogP contribution is 2.55. The number of carbonyl (C=O) groups is 1. The van der Waals surface area contributed by atoms with Gasteiger partial charge in [0.15, 0.2) is 0 Å². The van der Waals surface area contributed by atoms with Crippen LogP contribution in [0, 0.1) is 10.8 Å². The lowest BCUT2D eigenvalue weighted by molar-refractivity contribution is -0.153. The second kappa shape index (κ2) is 7.08. The van der Waals surface area contributed by atoms with Crippen LogP contribution in [0.2, 0.25) is 0 Å². The molecule has 0 bridgehead atoms. The van der Waals surface area contributed by atoms with Crippen molar-refractivity contribution in [3.63, 3.8) is 0 Å². The summed E-state index contributed by atoms with van der Waals surface area (Å²) < 4.78 is 11.4. The lowest BCUT2D eigenvalue weighted by Gasteiger charge is -2.54. The second-order valence-electron chi connectivity index (χ2n) is 7.61. The van der Waals surface area contributed by atoms with E-state index in [1.54, 1.807) is 7.11 Å². The molecule has 2 saturated carbocycles. The minimum atomic E-state index is -0.351. The number of hydrogen-bond acceptors (Lipinski definition) is 4. The van der Waals surface area contributed by atoms with E-state index < -0.39 is 0 Å². The molecule has 3 aliphatic rings. The third-order valence-electron chi connectivity index (χ3n) is 6.46. The zero-order valence-electron chi connectivity index (χ0n) is 14.7. The van der Waals surface area contributed by atoms with Crippen molar-refractivity contribution in [3.05, 3.63) is 0 Å². The topological polar surface area (TPSA) is 59.6 Å². The average molecular weight is 324 g/mol. The van der Waals surface area contributed by atoms with Gasteiger partial charge in [-0.2, -0.15) is 0 Å². The summed E-state index contributed by atoms with van der Waals surface area (Å²) in [5, 5.41) is 6.76. The molecule has 0 aromatic rings. The van der Waals surface area contributed by atoms with Crippen LogP contribution >= 0.6 is 0 Å². The van der Waals surface area contributed by atoms with Crippen LogP contribution in [0.25, 0.3) is 0 Å². The van der Waals surface area contributed by atoms with Gasteiger partial charge < -0.3 is 20.1 Å². The molecule has 1 heterocycles. The summed E-state index contributed by atoms with van der Waals surface area (Å²) in [6.07, 6.45) is 7.96. The molecule has 1 spiro atoms. The fourth-order valence-electron chi connectivity index (χ4n) is 5.02. The third-order valence-corrected chi connectivity index (χ3v) is 6.46. The van der Waals surface area contributed by atoms with Gasteiger partial charge in [-0.05, 0) is 52.1 Å². The molecule has 0 aromatic heterocycles. The number of carbonyl (C=O) groups excluding carboxylic acids is 1. The number of amides is 1. The predicted molar refractivity (Wildman–Crippen MR) is 89.3 cm³/mol. The molecule has 1 aliphatic heterocycles. The molecule has 0 aromatic carbocycles. The molecular weight excluding hydrogens is 292 g/mol. The van der Waals surface area contributed by atoms with Crippen LogP contribution in [0.4, 0.5) is 0 Å². The number of methoxy groups -OCH3 is 1. The number of ether oxygens (including phenoxy) is 2. The van der Waals surface area contributed by atoms with E-state index in [1.807, 2.05) is 0 Å². The molecule has 0 radical (unpaired) electrons. The van der Waals surface area contributed by atoms with Gasteiger partial charge in [0, 0.05) is 25.2 Å². The quantitative estimate of drug-likeness (QED) is 0.783. The second-order valence-corrected chi connectivity index (χ2v) is 7.61. The van der Waals surface area contributed by atoms with Crippen LogP contribution in [0.5, 0.6) is 0 Å². The van der Waals surface area contributed by atoms with E-state index in [1.165, 1.54) is 25.7 Å². The van der Waals surface area contributed by atoms with Crippen molar-refractivity contribution in [1.29, 1.82) is 0 Å². The van der Waals surface area contributed by atoms with Gasteiger partial charge >= 0.3 is 0 Å². The Morgan fingerprint density at radius 1 is 1.22 bits per heavy atom. The summed E-state index contributed by atoms with van der Waals surface area (Å²) in [6.45, 7) is 5.15. The molecule has 5 heteroatoms. The number of piperidine rings is 1. The summed E-state index contributed by atoms with van der Waals surface area (Å²) >= 11 is 0. The number of rotatable bonds is 6. The molecule has 5 nitrogen and oxygen atoms in total. The number of hydrogen-bond donors (Lipinski definition) is 2. The summed E-state index contributed by atoms with van der Waals surface area (Å²) in [4.78, 5) is 13.1. The van der Waals surface area contributed by atoms with Crippen LogP contribution < -0.4 is 10.6 Å². The van der Waals surface area contributed by atoms with Gasteiger partial charge in [0.1, 0.15) is 0 Å². The maximum atomic E-state index is 13.1. The molecule has 3 fully saturated rings. The average Bonchev–Trinajstić information content (AvgIpc) is 3.08. The van der Waals surface area contributed by atoms with E-state index in [-0.39, 0.29) is 22.8 Å². The first-order chi connectivity index (χ1) is 11.2. The molecule has 2 aliphatic carbocycles. The summed E-state index contributed by atoms with van der Waals surface area (Å²) in [6, 6.07) is 0.290. The van der Waals surface area contributed by atoms with Crippen LogP contribution in [0.3, 0.4) is 0 Å². The van der Waals surface area contributed by atoms with Crippen molar-refractivity contribution in [1.82, 2.24) is 10.6 Å². The Morgan fingerprint density at radius 2 is 1.91 bits per heavy atom. The first-order valence-corrected chi connectivity index (χ1v) is 9.29. The molecular formula is C18H32N2O3. The van der Waals surface area contributed by atoms with Gasteiger partial charge in [0.25, 0.3) is 0 Å². The Morgan fingerprint density at radius 3 is 2.52 bits per heavy atom. The first-order valence-electron chi connectivity index (χ1n) is 9.29. The lowest BCUT2D eigenvalue weighted by atomic mass is 9.60. The van der Waals surface area contributed by atoms with Crippen molar-refractivity contribution < 1.29 is 14.3 Å². The standard InChI is InChI=1S/C18H32N2O3/c1-3-23-15-12-14(18(15)6-4-5-7-18)20-16(21)17(13-22-2)8-10-19-11-9-17/h14-15,19H,3-13H2,1-2H3,(H,20,21). The SMILES string of the molecule is CCOC1CC(NC(=O)C2(COC)CCNCC2)C12CCCC2. The van der Waals surface area contributed by atoms with E-state index >= 15 is 0 Å². The van der Waals surface area contributed by atoms with Gasteiger partial charge in [0.05, 0.1) is 18.1 Å². The van der Waals surface area contributed by atoms with Gasteiger partial charge in [-0.15, -0.1) is 0 Å². The molecule has 132 valence electrons. The van der Waals surface area contributed by atoms with Gasteiger partial charge in [-0.1, -0.05) is 12.8 Å². The predicted octanol–water partition coefficient (Wildman–Crippen LogP) is 1.86. The van der Waals surface area contributed by atoms with Crippen LogP contribution in [0.1, 0.15) is 51.9 Å². The minimum absolute atomic E-state index is 0.201. The monoisotopic (exact) mass is 324 g/mol. The Kier molecular flexibility index (Phi) is 5.29. The van der Waals surface area contributed by atoms with E-state index in [0.717, 1.165) is 39.0 Å². The van der Waals surface area contributed by atoms with E-state index in [2.05, 4.69) is 17.6 Å². The zero-order chi connectivity index (χ0) is 16.3. The van der Waals surface area contributed by atoms with Crippen molar-refractivity contribution in [3.8, 4) is 0 Å². The molecule has 2 atom stereocenters.